The molecule has 1 aromatic heterocycles. The Balaban J connectivity index is 1.44. The molecule has 3 aliphatic heterocycles. The van der Waals surface area contributed by atoms with Gasteiger partial charge in [-0.05, 0) is 39.4 Å². The highest BCUT2D eigenvalue weighted by atomic mass is 16.3. The lowest BCUT2D eigenvalue weighted by molar-refractivity contribution is 0.00928. The molecule has 7 heteroatoms. The maximum Gasteiger partial charge on any atom is 0.227 e. The fourth-order valence-electron chi connectivity index (χ4n) is 4.54. The molecule has 1 spiro atoms. The molecule has 0 saturated carbocycles. The molecule has 7 nitrogen and oxygen atoms in total. The molecule has 3 fully saturated rings. The van der Waals surface area contributed by atoms with Crippen molar-refractivity contribution in [2.75, 3.05) is 69.7 Å². The number of hydrogen-bond donors (Lipinski definition) is 1. The molecule has 4 heterocycles. The SMILES string of the molecule is CN1CCN(C)C2(CCN(c3nccc(N4CCC(O)C4)n3)CC2)C1. The monoisotopic (exact) mass is 346 g/mol. The van der Waals surface area contributed by atoms with Crippen molar-refractivity contribution in [3.63, 3.8) is 0 Å². The first kappa shape index (κ1) is 17.0. The average molecular weight is 346 g/mol. The summed E-state index contributed by atoms with van der Waals surface area (Å²) < 4.78 is 0. The van der Waals surface area contributed by atoms with Gasteiger partial charge in [0.25, 0.3) is 0 Å². The van der Waals surface area contributed by atoms with E-state index in [2.05, 4.69) is 38.7 Å². The van der Waals surface area contributed by atoms with Crippen LogP contribution in [0.3, 0.4) is 0 Å². The van der Waals surface area contributed by atoms with E-state index in [-0.39, 0.29) is 6.10 Å². The number of anilines is 2. The van der Waals surface area contributed by atoms with Gasteiger partial charge in [0.2, 0.25) is 5.95 Å². The second-order valence-corrected chi connectivity index (χ2v) is 7.97. The summed E-state index contributed by atoms with van der Waals surface area (Å²) in [6, 6.07) is 1.96. The molecule has 4 rings (SSSR count). The van der Waals surface area contributed by atoms with Crippen LogP contribution in [0.5, 0.6) is 0 Å². The molecular formula is C18H30N6O. The average Bonchev–Trinajstić information content (AvgIpc) is 3.06. The molecule has 25 heavy (non-hydrogen) atoms. The molecule has 0 bridgehead atoms. The van der Waals surface area contributed by atoms with E-state index < -0.39 is 0 Å². The van der Waals surface area contributed by atoms with E-state index >= 15 is 0 Å². The van der Waals surface area contributed by atoms with Crippen molar-refractivity contribution >= 4 is 11.8 Å². The lowest BCUT2D eigenvalue weighted by Gasteiger charge is -2.52. The van der Waals surface area contributed by atoms with Crippen LogP contribution in [0.2, 0.25) is 0 Å². The molecule has 0 aliphatic carbocycles. The molecule has 0 aromatic carbocycles. The van der Waals surface area contributed by atoms with Crippen LogP contribution >= 0.6 is 0 Å². The van der Waals surface area contributed by atoms with E-state index in [1.54, 1.807) is 0 Å². The van der Waals surface area contributed by atoms with E-state index in [1.165, 1.54) is 0 Å². The number of aromatic nitrogens is 2. The quantitative estimate of drug-likeness (QED) is 0.824. The van der Waals surface area contributed by atoms with Crippen LogP contribution in [0.15, 0.2) is 12.3 Å². The second-order valence-electron chi connectivity index (χ2n) is 7.97. The van der Waals surface area contributed by atoms with Gasteiger partial charge < -0.3 is 19.8 Å². The maximum atomic E-state index is 9.76. The van der Waals surface area contributed by atoms with Crippen molar-refractivity contribution in [3.8, 4) is 0 Å². The Morgan fingerprint density at radius 1 is 1.08 bits per heavy atom. The third kappa shape index (κ3) is 3.32. The van der Waals surface area contributed by atoms with E-state index in [0.717, 1.165) is 70.3 Å². The summed E-state index contributed by atoms with van der Waals surface area (Å²) >= 11 is 0. The summed E-state index contributed by atoms with van der Waals surface area (Å²) in [4.78, 5) is 18.8. The van der Waals surface area contributed by atoms with Crippen LogP contribution < -0.4 is 9.80 Å². The van der Waals surface area contributed by atoms with Gasteiger partial charge in [-0.2, -0.15) is 4.98 Å². The number of piperazine rings is 1. The number of likely N-dealkylation sites (N-methyl/N-ethyl adjacent to an activating group) is 2. The van der Waals surface area contributed by atoms with Crippen molar-refractivity contribution in [2.24, 2.45) is 0 Å². The number of aliphatic hydroxyl groups excluding tert-OH is 1. The van der Waals surface area contributed by atoms with Crippen molar-refractivity contribution in [3.05, 3.63) is 12.3 Å². The van der Waals surface area contributed by atoms with Crippen LogP contribution in [0.1, 0.15) is 19.3 Å². The van der Waals surface area contributed by atoms with Gasteiger partial charge in [-0.1, -0.05) is 0 Å². The minimum Gasteiger partial charge on any atom is -0.391 e. The summed E-state index contributed by atoms with van der Waals surface area (Å²) in [7, 11) is 4.51. The topological polar surface area (TPSA) is 59.0 Å². The highest BCUT2D eigenvalue weighted by Gasteiger charge is 2.41. The van der Waals surface area contributed by atoms with Gasteiger partial charge in [-0.15, -0.1) is 0 Å². The first-order valence-corrected chi connectivity index (χ1v) is 9.47. The van der Waals surface area contributed by atoms with Gasteiger partial charge in [-0.25, -0.2) is 4.98 Å². The van der Waals surface area contributed by atoms with Crippen molar-refractivity contribution < 1.29 is 5.11 Å². The van der Waals surface area contributed by atoms with Gasteiger partial charge in [-0.3, -0.25) is 4.90 Å². The number of rotatable bonds is 2. The highest BCUT2D eigenvalue weighted by Crippen LogP contribution is 2.32. The molecule has 138 valence electrons. The Bertz CT molecular complexity index is 603. The fourth-order valence-corrected chi connectivity index (χ4v) is 4.54. The largest absolute Gasteiger partial charge is 0.391 e. The minimum absolute atomic E-state index is 0.230. The number of β-amino-alcohol motifs (C(OH)–C–C–N with tert-alkyl or cyclic N) is 1. The van der Waals surface area contributed by atoms with E-state index in [9.17, 15) is 5.11 Å². The van der Waals surface area contributed by atoms with Crippen LogP contribution in [0.4, 0.5) is 11.8 Å². The van der Waals surface area contributed by atoms with Gasteiger partial charge >= 0.3 is 0 Å². The highest BCUT2D eigenvalue weighted by molar-refractivity contribution is 5.45. The molecule has 0 amide bonds. The number of hydrogen-bond acceptors (Lipinski definition) is 7. The summed E-state index contributed by atoms with van der Waals surface area (Å²) in [6.45, 7) is 7.03. The third-order valence-corrected chi connectivity index (χ3v) is 6.28. The van der Waals surface area contributed by atoms with Gasteiger partial charge in [0.15, 0.2) is 0 Å². The second kappa shape index (κ2) is 6.70. The smallest absolute Gasteiger partial charge is 0.227 e. The van der Waals surface area contributed by atoms with E-state index in [1.807, 2.05) is 12.3 Å². The molecule has 0 radical (unpaired) electrons. The van der Waals surface area contributed by atoms with Crippen molar-refractivity contribution in [1.29, 1.82) is 0 Å². The Morgan fingerprint density at radius 3 is 2.60 bits per heavy atom. The van der Waals surface area contributed by atoms with Gasteiger partial charge in [0.05, 0.1) is 6.10 Å². The Morgan fingerprint density at radius 2 is 1.88 bits per heavy atom. The first-order valence-electron chi connectivity index (χ1n) is 9.47. The molecule has 3 saturated heterocycles. The molecule has 1 N–H and O–H groups in total. The zero-order valence-electron chi connectivity index (χ0n) is 15.4. The Hall–Kier alpha value is -1.44. The predicted molar refractivity (Wildman–Crippen MR) is 99.2 cm³/mol. The standard InChI is InChI=1S/C18H30N6O/c1-21-11-12-22(2)18(14-21)5-9-23(10-6-18)17-19-7-3-16(20-17)24-8-4-15(25)13-24/h3,7,15,25H,4-6,8-14H2,1-2H3. The first-order chi connectivity index (χ1) is 12.1. The number of aliphatic hydroxyl groups is 1. The summed E-state index contributed by atoms with van der Waals surface area (Å²) in [5.74, 6) is 1.77. The van der Waals surface area contributed by atoms with Crippen LogP contribution in [0, 0.1) is 0 Å². The zero-order valence-corrected chi connectivity index (χ0v) is 15.4. The van der Waals surface area contributed by atoms with E-state index in [0.29, 0.717) is 12.1 Å². The third-order valence-electron chi connectivity index (χ3n) is 6.28. The fraction of sp³-hybridized carbons (Fsp3) is 0.778. The molecule has 3 aliphatic rings. The van der Waals surface area contributed by atoms with Crippen molar-refractivity contribution in [2.45, 2.75) is 30.9 Å². The Labute approximate surface area is 150 Å². The lowest BCUT2D eigenvalue weighted by Crippen LogP contribution is -2.63. The zero-order chi connectivity index (χ0) is 17.4. The van der Waals surface area contributed by atoms with Crippen LogP contribution in [0.25, 0.3) is 0 Å². The maximum absolute atomic E-state index is 9.76. The predicted octanol–water partition coefficient (Wildman–Crippen LogP) is 0.264. The molecule has 1 atom stereocenters. The summed E-state index contributed by atoms with van der Waals surface area (Å²) in [6.07, 6.45) is 4.76. The number of nitrogens with zero attached hydrogens (tertiary/aromatic N) is 6. The molecular weight excluding hydrogens is 316 g/mol. The number of piperidine rings is 1. The van der Waals surface area contributed by atoms with Crippen LogP contribution in [-0.2, 0) is 0 Å². The molecule has 1 unspecified atom stereocenters. The lowest BCUT2D eigenvalue weighted by atomic mass is 9.84. The van der Waals surface area contributed by atoms with Gasteiger partial charge in [0, 0.05) is 57.5 Å². The summed E-state index contributed by atoms with van der Waals surface area (Å²) in [5, 5.41) is 9.76. The summed E-state index contributed by atoms with van der Waals surface area (Å²) in [5.41, 5.74) is 0.306. The van der Waals surface area contributed by atoms with Crippen LogP contribution in [-0.4, -0.2) is 96.4 Å². The molecule has 1 aromatic rings. The minimum atomic E-state index is -0.230. The van der Waals surface area contributed by atoms with E-state index in [4.69, 9.17) is 4.98 Å². The van der Waals surface area contributed by atoms with Gasteiger partial charge in [0.1, 0.15) is 5.82 Å². The van der Waals surface area contributed by atoms with Crippen molar-refractivity contribution in [1.82, 2.24) is 19.8 Å². The normalized spacial score (nSPS) is 28.0. The Kier molecular flexibility index (Phi) is 4.56.